The Hall–Kier alpha value is -0.280. The molecular weight excluding hydrogens is 154 g/mol. The van der Waals surface area contributed by atoms with Crippen molar-refractivity contribution in [1.82, 2.24) is 4.90 Å². The molecule has 10 heavy (non-hydrogen) atoms. The lowest BCUT2D eigenvalue weighted by Gasteiger charge is -2.15. The maximum Gasteiger partial charge on any atom is 0.404 e. The summed E-state index contributed by atoms with van der Waals surface area (Å²) >= 11 is 4.98. The van der Waals surface area contributed by atoms with E-state index in [0.717, 1.165) is 0 Å². The second kappa shape index (κ2) is 4.52. The van der Waals surface area contributed by atoms with E-state index in [0.29, 0.717) is 6.54 Å². The summed E-state index contributed by atoms with van der Waals surface area (Å²) in [5, 5.41) is 0. The van der Waals surface area contributed by atoms with Gasteiger partial charge in [-0.3, -0.25) is 0 Å². The van der Waals surface area contributed by atoms with Gasteiger partial charge in [0.1, 0.15) is 6.10 Å². The van der Waals surface area contributed by atoms with Gasteiger partial charge in [0.15, 0.2) is 0 Å². The van der Waals surface area contributed by atoms with Gasteiger partial charge < -0.3 is 9.64 Å². The van der Waals surface area contributed by atoms with E-state index in [1.165, 1.54) is 0 Å². The van der Waals surface area contributed by atoms with Gasteiger partial charge in [-0.15, -0.1) is 0 Å². The van der Waals surface area contributed by atoms with Gasteiger partial charge in [0.05, 0.1) is 0 Å². The second-order valence-corrected chi connectivity index (χ2v) is 2.74. The zero-order chi connectivity index (χ0) is 8.15. The molecule has 0 aromatic carbocycles. The molecule has 0 aliphatic heterocycles. The molecule has 0 bridgehead atoms. The van der Waals surface area contributed by atoms with Crippen molar-refractivity contribution in [1.29, 1.82) is 0 Å². The number of carbonyl (C=O) groups excluding carboxylic acids is 1. The zero-order valence-corrected chi connectivity index (χ0v) is 7.18. The molecular formula is C6H12ClNO2. The molecule has 0 aromatic rings. The van der Waals surface area contributed by atoms with Gasteiger partial charge >= 0.3 is 5.43 Å². The molecule has 0 spiro atoms. The molecule has 4 heteroatoms. The van der Waals surface area contributed by atoms with Crippen LogP contribution in [0, 0.1) is 0 Å². The first-order valence-electron chi connectivity index (χ1n) is 3.03. The van der Waals surface area contributed by atoms with E-state index >= 15 is 0 Å². The van der Waals surface area contributed by atoms with Gasteiger partial charge in [-0.2, -0.15) is 0 Å². The Balaban J connectivity index is 3.43. The summed E-state index contributed by atoms with van der Waals surface area (Å²) in [5.74, 6) is 0. The third-order valence-electron chi connectivity index (χ3n) is 0.916. The number of carbonyl (C=O) groups is 1. The maximum absolute atomic E-state index is 10.2. The smallest absolute Gasteiger partial charge is 0.404 e. The topological polar surface area (TPSA) is 29.5 Å². The number of nitrogens with zero attached hydrogens (tertiary/aromatic N) is 1. The maximum atomic E-state index is 10.2. The van der Waals surface area contributed by atoms with Crippen LogP contribution >= 0.6 is 11.6 Å². The van der Waals surface area contributed by atoms with Gasteiger partial charge in [0.2, 0.25) is 0 Å². The third-order valence-corrected chi connectivity index (χ3v) is 1.01. The standard InChI is InChI=1S/C6H12ClNO2/c1-5(4-8(2)3)10-6(7)9/h5H,4H2,1-3H3. The van der Waals surface area contributed by atoms with E-state index < -0.39 is 5.43 Å². The third kappa shape index (κ3) is 5.85. The molecule has 0 saturated carbocycles. The Morgan fingerprint density at radius 2 is 2.20 bits per heavy atom. The molecule has 0 aliphatic carbocycles. The Morgan fingerprint density at radius 3 is 2.50 bits per heavy atom. The largest absolute Gasteiger partial charge is 0.449 e. The monoisotopic (exact) mass is 165 g/mol. The first kappa shape index (κ1) is 9.72. The fourth-order valence-corrected chi connectivity index (χ4v) is 0.862. The average Bonchev–Trinajstić information content (AvgIpc) is 1.58. The Labute approximate surface area is 65.9 Å². The number of rotatable bonds is 3. The minimum atomic E-state index is -0.741. The van der Waals surface area contributed by atoms with Crippen LogP contribution in [0.1, 0.15) is 6.92 Å². The average molecular weight is 166 g/mol. The van der Waals surface area contributed by atoms with Gasteiger partial charge in [-0.25, -0.2) is 4.79 Å². The number of likely N-dealkylation sites (N-methyl/N-ethyl adjacent to an activating group) is 1. The fourth-order valence-electron chi connectivity index (χ4n) is 0.710. The highest BCUT2D eigenvalue weighted by Gasteiger charge is 2.06. The van der Waals surface area contributed by atoms with Crippen LogP contribution in [-0.4, -0.2) is 37.1 Å². The van der Waals surface area contributed by atoms with E-state index in [1.54, 1.807) is 6.92 Å². The number of ether oxygens (including phenoxy) is 1. The Morgan fingerprint density at radius 1 is 1.70 bits per heavy atom. The van der Waals surface area contributed by atoms with Crippen LogP contribution in [0.2, 0.25) is 0 Å². The molecule has 0 amide bonds. The Bertz CT molecular complexity index is 116. The normalized spacial score (nSPS) is 13.3. The van der Waals surface area contributed by atoms with Crippen LogP contribution in [0.4, 0.5) is 4.79 Å². The van der Waals surface area contributed by atoms with Gasteiger partial charge in [0.25, 0.3) is 0 Å². The fraction of sp³-hybridized carbons (Fsp3) is 0.833. The van der Waals surface area contributed by atoms with Crippen LogP contribution in [0.3, 0.4) is 0 Å². The van der Waals surface area contributed by atoms with Gasteiger partial charge in [0, 0.05) is 18.1 Å². The van der Waals surface area contributed by atoms with Crippen LogP contribution in [-0.2, 0) is 4.74 Å². The van der Waals surface area contributed by atoms with Crippen LogP contribution < -0.4 is 0 Å². The summed E-state index contributed by atoms with van der Waals surface area (Å²) in [7, 11) is 3.80. The van der Waals surface area contributed by atoms with Crippen molar-refractivity contribution >= 4 is 17.0 Å². The molecule has 0 N–H and O–H groups in total. The van der Waals surface area contributed by atoms with Crippen molar-refractivity contribution in [2.75, 3.05) is 20.6 Å². The van der Waals surface area contributed by atoms with E-state index in [-0.39, 0.29) is 6.10 Å². The molecule has 1 unspecified atom stereocenters. The molecule has 0 heterocycles. The highest BCUT2D eigenvalue weighted by atomic mass is 35.5. The summed E-state index contributed by atoms with van der Waals surface area (Å²) in [6, 6.07) is 0. The van der Waals surface area contributed by atoms with E-state index in [2.05, 4.69) is 4.74 Å². The predicted octanol–water partition coefficient (Wildman–Crippen LogP) is 1.31. The van der Waals surface area contributed by atoms with E-state index in [9.17, 15) is 4.79 Å². The molecule has 0 fully saturated rings. The molecule has 0 aliphatic rings. The lowest BCUT2D eigenvalue weighted by Crippen LogP contribution is -2.26. The lowest BCUT2D eigenvalue weighted by molar-refractivity contribution is 0.112. The van der Waals surface area contributed by atoms with Crippen molar-refractivity contribution in [3.05, 3.63) is 0 Å². The molecule has 3 nitrogen and oxygen atoms in total. The van der Waals surface area contributed by atoms with E-state index in [1.807, 2.05) is 19.0 Å². The highest BCUT2D eigenvalue weighted by Crippen LogP contribution is 1.96. The lowest BCUT2D eigenvalue weighted by atomic mass is 10.4. The molecule has 1 atom stereocenters. The zero-order valence-electron chi connectivity index (χ0n) is 6.43. The summed E-state index contributed by atoms with van der Waals surface area (Å²) < 4.78 is 4.65. The first-order chi connectivity index (χ1) is 4.52. The van der Waals surface area contributed by atoms with Gasteiger partial charge in [-0.05, 0) is 21.0 Å². The van der Waals surface area contributed by atoms with Crippen molar-refractivity contribution in [2.45, 2.75) is 13.0 Å². The quantitative estimate of drug-likeness (QED) is 0.591. The molecule has 0 rings (SSSR count). The SMILES string of the molecule is CC(CN(C)C)OC(=O)Cl. The highest BCUT2D eigenvalue weighted by molar-refractivity contribution is 6.61. The second-order valence-electron chi connectivity index (χ2n) is 2.43. The van der Waals surface area contributed by atoms with Crippen molar-refractivity contribution in [3.63, 3.8) is 0 Å². The van der Waals surface area contributed by atoms with Crippen LogP contribution in [0.15, 0.2) is 0 Å². The number of hydrogen-bond acceptors (Lipinski definition) is 3. The summed E-state index contributed by atoms with van der Waals surface area (Å²) in [5.41, 5.74) is -0.741. The number of hydrogen-bond donors (Lipinski definition) is 0. The van der Waals surface area contributed by atoms with Crippen molar-refractivity contribution in [2.24, 2.45) is 0 Å². The minimum Gasteiger partial charge on any atom is -0.449 e. The first-order valence-corrected chi connectivity index (χ1v) is 3.41. The van der Waals surface area contributed by atoms with Crippen LogP contribution in [0.25, 0.3) is 0 Å². The molecule has 0 aromatic heterocycles. The summed E-state index contributed by atoms with van der Waals surface area (Å²) in [6.45, 7) is 2.48. The molecule has 0 radical (unpaired) electrons. The number of halogens is 1. The predicted molar refractivity (Wildman–Crippen MR) is 40.4 cm³/mol. The minimum absolute atomic E-state index is 0.139. The molecule has 60 valence electrons. The molecule has 0 saturated heterocycles. The van der Waals surface area contributed by atoms with Crippen LogP contribution in [0.5, 0.6) is 0 Å². The van der Waals surface area contributed by atoms with Gasteiger partial charge in [-0.1, -0.05) is 0 Å². The summed E-state index contributed by atoms with van der Waals surface area (Å²) in [4.78, 5) is 12.1. The summed E-state index contributed by atoms with van der Waals surface area (Å²) in [6.07, 6.45) is -0.139. The van der Waals surface area contributed by atoms with Crippen molar-refractivity contribution < 1.29 is 9.53 Å². The Kier molecular flexibility index (Phi) is 4.40. The van der Waals surface area contributed by atoms with Crippen molar-refractivity contribution in [3.8, 4) is 0 Å². The van der Waals surface area contributed by atoms with E-state index in [4.69, 9.17) is 11.6 Å².